The van der Waals surface area contributed by atoms with Gasteiger partial charge in [-0.25, -0.2) is 4.79 Å². The summed E-state index contributed by atoms with van der Waals surface area (Å²) in [6, 6.07) is 10.2. The van der Waals surface area contributed by atoms with Crippen LogP contribution in [-0.4, -0.2) is 17.4 Å². The molecule has 4 nitrogen and oxygen atoms in total. The van der Waals surface area contributed by atoms with Gasteiger partial charge in [0.2, 0.25) is 0 Å². The molecule has 1 aromatic rings. The van der Waals surface area contributed by atoms with Crippen molar-refractivity contribution in [2.24, 2.45) is 0 Å². The zero-order valence-electron chi connectivity index (χ0n) is 10.3. The quantitative estimate of drug-likeness (QED) is 0.665. The Labute approximate surface area is 102 Å². The molecular weight excluding hydrogens is 216 g/mol. The first-order valence-corrected chi connectivity index (χ1v) is 5.97. The summed E-state index contributed by atoms with van der Waals surface area (Å²) in [5, 5.41) is 14.5. The molecule has 94 valence electrons. The van der Waals surface area contributed by atoms with E-state index in [4.69, 9.17) is 5.11 Å². The average Bonchev–Trinajstić information content (AvgIpc) is 2.35. The fraction of sp³-hybridized carbons (Fsp3) is 0.462. The number of nitrogens with one attached hydrogen (secondary N) is 2. The van der Waals surface area contributed by atoms with E-state index >= 15 is 0 Å². The number of hydrogen-bond acceptors (Lipinski definition) is 2. The van der Waals surface area contributed by atoms with E-state index in [0.717, 1.165) is 12.8 Å². The van der Waals surface area contributed by atoms with Crippen LogP contribution in [0.4, 0.5) is 4.79 Å². The first kappa shape index (κ1) is 13.5. The van der Waals surface area contributed by atoms with E-state index in [0.29, 0.717) is 0 Å². The van der Waals surface area contributed by atoms with Gasteiger partial charge >= 0.3 is 6.09 Å². The molecule has 0 fully saturated rings. The monoisotopic (exact) mass is 236 g/mol. The summed E-state index contributed by atoms with van der Waals surface area (Å²) in [6.45, 7) is 4.03. The summed E-state index contributed by atoms with van der Waals surface area (Å²) in [7, 11) is 0. The lowest BCUT2D eigenvalue weighted by atomic mass is 10.0. The van der Waals surface area contributed by atoms with Crippen LogP contribution in [0.3, 0.4) is 0 Å². The van der Waals surface area contributed by atoms with Gasteiger partial charge in [0.05, 0.1) is 6.17 Å². The molecule has 2 atom stereocenters. The Morgan fingerprint density at radius 3 is 2.35 bits per heavy atom. The first-order valence-electron chi connectivity index (χ1n) is 5.97. The van der Waals surface area contributed by atoms with Crippen LogP contribution in [-0.2, 0) is 0 Å². The van der Waals surface area contributed by atoms with Crippen LogP contribution in [0.15, 0.2) is 30.3 Å². The van der Waals surface area contributed by atoms with Crippen molar-refractivity contribution in [1.82, 2.24) is 10.6 Å². The first-order chi connectivity index (χ1) is 8.17. The minimum atomic E-state index is -0.993. The predicted molar refractivity (Wildman–Crippen MR) is 67.8 cm³/mol. The smallest absolute Gasteiger partial charge is 0.405 e. The maximum absolute atomic E-state index is 10.6. The molecule has 1 unspecified atom stereocenters. The van der Waals surface area contributed by atoms with Gasteiger partial charge in [-0.1, -0.05) is 44.2 Å². The molecule has 17 heavy (non-hydrogen) atoms. The van der Waals surface area contributed by atoms with Crippen molar-refractivity contribution in [3.05, 3.63) is 35.9 Å². The summed E-state index contributed by atoms with van der Waals surface area (Å²) in [5.41, 5.74) is 1.18. The van der Waals surface area contributed by atoms with Crippen molar-refractivity contribution in [1.29, 1.82) is 0 Å². The van der Waals surface area contributed by atoms with E-state index < -0.39 is 6.09 Å². The lowest BCUT2D eigenvalue weighted by Gasteiger charge is -2.24. The lowest BCUT2D eigenvalue weighted by Crippen LogP contribution is -2.45. The van der Waals surface area contributed by atoms with Crippen molar-refractivity contribution < 1.29 is 9.90 Å². The highest BCUT2D eigenvalue weighted by molar-refractivity contribution is 5.64. The highest BCUT2D eigenvalue weighted by Crippen LogP contribution is 2.16. The molecule has 0 aliphatic rings. The Morgan fingerprint density at radius 1 is 1.24 bits per heavy atom. The number of carboxylic acid groups (broad SMARTS) is 1. The van der Waals surface area contributed by atoms with E-state index in [-0.39, 0.29) is 12.2 Å². The van der Waals surface area contributed by atoms with E-state index in [1.165, 1.54) is 5.56 Å². The molecule has 0 bridgehead atoms. The fourth-order valence-corrected chi connectivity index (χ4v) is 1.79. The molecule has 0 radical (unpaired) electrons. The molecule has 0 aliphatic heterocycles. The Kier molecular flexibility index (Phi) is 5.49. The zero-order valence-corrected chi connectivity index (χ0v) is 10.3. The standard InChI is InChI=1S/C13H20N2O2/c1-3-11(10-8-6-5-7-9-10)14-12(4-2)15-13(16)17/h5-9,11-12,14-15H,3-4H2,1-2H3,(H,16,17)/t11-,12?/m1/s1. The average molecular weight is 236 g/mol. The molecule has 0 aliphatic carbocycles. The minimum Gasteiger partial charge on any atom is -0.465 e. The molecule has 1 aromatic carbocycles. The molecule has 1 rings (SSSR count). The van der Waals surface area contributed by atoms with Crippen LogP contribution >= 0.6 is 0 Å². The van der Waals surface area contributed by atoms with Gasteiger partial charge < -0.3 is 10.4 Å². The van der Waals surface area contributed by atoms with E-state index in [2.05, 4.69) is 29.7 Å². The third-order valence-electron chi connectivity index (χ3n) is 2.72. The van der Waals surface area contributed by atoms with Gasteiger partial charge in [-0.2, -0.15) is 0 Å². The second kappa shape index (κ2) is 6.91. The third-order valence-corrected chi connectivity index (χ3v) is 2.72. The van der Waals surface area contributed by atoms with E-state index in [1.54, 1.807) is 0 Å². The van der Waals surface area contributed by atoms with Crippen molar-refractivity contribution in [2.75, 3.05) is 0 Å². The Bertz CT molecular complexity index is 341. The van der Waals surface area contributed by atoms with Crippen molar-refractivity contribution in [3.8, 4) is 0 Å². The molecular formula is C13H20N2O2. The maximum Gasteiger partial charge on any atom is 0.405 e. The number of benzene rings is 1. The van der Waals surface area contributed by atoms with Gasteiger partial charge in [0.15, 0.2) is 0 Å². The largest absolute Gasteiger partial charge is 0.465 e. The molecule has 0 heterocycles. The van der Waals surface area contributed by atoms with Gasteiger partial charge in [0, 0.05) is 6.04 Å². The van der Waals surface area contributed by atoms with Crippen LogP contribution < -0.4 is 10.6 Å². The highest BCUT2D eigenvalue weighted by atomic mass is 16.4. The van der Waals surface area contributed by atoms with Gasteiger partial charge in [-0.05, 0) is 18.4 Å². The Balaban J connectivity index is 2.65. The number of rotatable bonds is 6. The Hall–Kier alpha value is -1.55. The van der Waals surface area contributed by atoms with Crippen LogP contribution in [0.2, 0.25) is 0 Å². The number of carbonyl (C=O) groups is 1. The van der Waals surface area contributed by atoms with Gasteiger partial charge in [0.1, 0.15) is 0 Å². The van der Waals surface area contributed by atoms with Crippen LogP contribution in [0.1, 0.15) is 38.3 Å². The van der Waals surface area contributed by atoms with Crippen LogP contribution in [0.5, 0.6) is 0 Å². The summed E-state index contributed by atoms with van der Waals surface area (Å²) >= 11 is 0. The molecule has 0 aromatic heterocycles. The normalized spacial score (nSPS) is 14.0. The lowest BCUT2D eigenvalue weighted by molar-refractivity contribution is 0.184. The zero-order chi connectivity index (χ0) is 12.7. The topological polar surface area (TPSA) is 61.4 Å². The van der Waals surface area contributed by atoms with Gasteiger partial charge in [-0.15, -0.1) is 0 Å². The van der Waals surface area contributed by atoms with Crippen molar-refractivity contribution in [3.63, 3.8) is 0 Å². The molecule has 4 heteroatoms. The predicted octanol–water partition coefficient (Wildman–Crippen LogP) is 2.73. The number of hydrogen-bond donors (Lipinski definition) is 3. The number of amides is 1. The van der Waals surface area contributed by atoms with E-state index in [1.807, 2.05) is 25.1 Å². The molecule has 0 spiro atoms. The van der Waals surface area contributed by atoms with Gasteiger partial charge in [-0.3, -0.25) is 5.32 Å². The highest BCUT2D eigenvalue weighted by Gasteiger charge is 2.15. The van der Waals surface area contributed by atoms with Gasteiger partial charge in [0.25, 0.3) is 0 Å². The van der Waals surface area contributed by atoms with E-state index in [9.17, 15) is 4.79 Å². The van der Waals surface area contributed by atoms with Crippen molar-refractivity contribution >= 4 is 6.09 Å². The maximum atomic E-state index is 10.6. The van der Waals surface area contributed by atoms with Crippen LogP contribution in [0.25, 0.3) is 0 Å². The minimum absolute atomic E-state index is 0.174. The SMILES string of the molecule is CCC(NC(=O)O)N[C@H](CC)c1ccccc1. The summed E-state index contributed by atoms with van der Waals surface area (Å²) in [4.78, 5) is 10.6. The third kappa shape index (κ3) is 4.44. The second-order valence-electron chi connectivity index (χ2n) is 3.95. The molecule has 0 saturated heterocycles. The fourth-order valence-electron chi connectivity index (χ4n) is 1.79. The summed E-state index contributed by atoms with van der Waals surface area (Å²) in [6.07, 6.45) is 0.433. The summed E-state index contributed by atoms with van der Waals surface area (Å²) < 4.78 is 0. The van der Waals surface area contributed by atoms with Crippen molar-refractivity contribution in [2.45, 2.75) is 38.9 Å². The molecule has 0 saturated carbocycles. The Morgan fingerprint density at radius 2 is 1.88 bits per heavy atom. The summed E-state index contributed by atoms with van der Waals surface area (Å²) in [5.74, 6) is 0. The molecule has 1 amide bonds. The van der Waals surface area contributed by atoms with Crippen LogP contribution in [0, 0.1) is 0 Å². The second-order valence-corrected chi connectivity index (χ2v) is 3.95. The molecule has 3 N–H and O–H groups in total.